The molecule has 0 fully saturated rings. The number of carboxylic acid groups (broad SMARTS) is 1. The highest BCUT2D eigenvalue weighted by atomic mass is 19.4. The van der Waals surface area contributed by atoms with Crippen molar-refractivity contribution >= 4 is 12.1 Å². The Kier molecular flexibility index (Phi) is 6.09. The molecule has 0 saturated carbocycles. The minimum absolute atomic E-state index is 0.0344. The molecule has 0 saturated heterocycles. The topological polar surface area (TPSA) is 75.6 Å². The molecule has 5 nitrogen and oxygen atoms in total. The van der Waals surface area contributed by atoms with Gasteiger partial charge in [0, 0.05) is 5.92 Å². The predicted molar refractivity (Wildman–Crippen MR) is 115 cm³/mol. The first kappa shape index (κ1) is 22.4. The highest BCUT2D eigenvalue weighted by Crippen LogP contribution is 2.44. The molecular formula is C25H20F3NO4. The Morgan fingerprint density at radius 3 is 1.97 bits per heavy atom. The first-order valence-corrected chi connectivity index (χ1v) is 10.2. The van der Waals surface area contributed by atoms with Gasteiger partial charge in [-0.15, -0.1) is 0 Å². The van der Waals surface area contributed by atoms with E-state index in [1.807, 2.05) is 48.5 Å². The molecule has 0 radical (unpaired) electrons. The van der Waals surface area contributed by atoms with Crippen molar-refractivity contribution in [1.82, 2.24) is 5.32 Å². The molecule has 4 rings (SSSR count). The van der Waals surface area contributed by atoms with Crippen LogP contribution in [0, 0.1) is 0 Å². The maximum absolute atomic E-state index is 12.8. The van der Waals surface area contributed by atoms with Gasteiger partial charge in [0.2, 0.25) is 0 Å². The Hall–Kier alpha value is -3.81. The molecule has 1 atom stereocenters. The van der Waals surface area contributed by atoms with Crippen LogP contribution in [0.5, 0.6) is 0 Å². The highest BCUT2D eigenvalue weighted by Gasteiger charge is 2.31. The van der Waals surface area contributed by atoms with E-state index in [1.165, 1.54) is 0 Å². The fraction of sp³-hybridized carbons (Fsp3) is 0.200. The smallest absolute Gasteiger partial charge is 0.416 e. The Morgan fingerprint density at radius 1 is 0.909 bits per heavy atom. The number of carboxylic acids is 1. The lowest BCUT2D eigenvalue weighted by Crippen LogP contribution is -2.31. The van der Waals surface area contributed by atoms with Gasteiger partial charge < -0.3 is 15.2 Å². The SMILES string of the molecule is O=C(O)C[C@H](NC(=O)OCC1c2ccccc2-c2ccccc21)c1ccc(C(F)(F)F)cc1. The van der Waals surface area contributed by atoms with Crippen LogP contribution in [0.15, 0.2) is 72.8 Å². The van der Waals surface area contributed by atoms with Crippen LogP contribution in [-0.4, -0.2) is 23.8 Å². The number of nitrogens with one attached hydrogen (secondary N) is 1. The molecule has 33 heavy (non-hydrogen) atoms. The van der Waals surface area contributed by atoms with E-state index in [0.29, 0.717) is 0 Å². The molecule has 0 bridgehead atoms. The number of benzene rings is 3. The first-order valence-electron chi connectivity index (χ1n) is 10.2. The molecule has 1 aliphatic carbocycles. The minimum atomic E-state index is -4.51. The van der Waals surface area contributed by atoms with E-state index < -0.39 is 36.3 Å². The summed E-state index contributed by atoms with van der Waals surface area (Å²) in [6.07, 6.45) is -5.86. The van der Waals surface area contributed by atoms with Gasteiger partial charge in [-0.1, -0.05) is 60.7 Å². The fourth-order valence-electron chi connectivity index (χ4n) is 4.11. The Balaban J connectivity index is 1.47. The van der Waals surface area contributed by atoms with Gasteiger partial charge in [0.25, 0.3) is 0 Å². The van der Waals surface area contributed by atoms with Crippen molar-refractivity contribution in [3.05, 3.63) is 95.1 Å². The van der Waals surface area contributed by atoms with Crippen LogP contribution in [0.3, 0.4) is 0 Å². The zero-order chi connectivity index (χ0) is 23.6. The largest absolute Gasteiger partial charge is 0.481 e. The van der Waals surface area contributed by atoms with Crippen molar-refractivity contribution in [2.75, 3.05) is 6.61 Å². The second-order valence-electron chi connectivity index (χ2n) is 7.74. The van der Waals surface area contributed by atoms with Gasteiger partial charge in [-0.3, -0.25) is 4.79 Å². The molecular weight excluding hydrogens is 435 g/mol. The fourth-order valence-corrected chi connectivity index (χ4v) is 4.11. The zero-order valence-corrected chi connectivity index (χ0v) is 17.3. The number of ether oxygens (including phenoxy) is 1. The number of alkyl carbamates (subject to hydrolysis) is 1. The van der Waals surface area contributed by atoms with Gasteiger partial charge >= 0.3 is 18.2 Å². The van der Waals surface area contributed by atoms with Crippen LogP contribution < -0.4 is 5.32 Å². The van der Waals surface area contributed by atoms with E-state index >= 15 is 0 Å². The first-order chi connectivity index (χ1) is 15.7. The van der Waals surface area contributed by atoms with Gasteiger partial charge in [-0.2, -0.15) is 13.2 Å². The van der Waals surface area contributed by atoms with Gasteiger partial charge in [0.1, 0.15) is 6.61 Å². The summed E-state index contributed by atoms with van der Waals surface area (Å²) in [7, 11) is 0. The van der Waals surface area contributed by atoms with Crippen molar-refractivity contribution < 1.29 is 32.6 Å². The van der Waals surface area contributed by atoms with Crippen LogP contribution in [0.25, 0.3) is 11.1 Å². The average Bonchev–Trinajstić information content (AvgIpc) is 3.10. The van der Waals surface area contributed by atoms with E-state index in [4.69, 9.17) is 4.74 Å². The number of hydrogen-bond acceptors (Lipinski definition) is 3. The maximum Gasteiger partial charge on any atom is 0.416 e. The number of rotatable bonds is 6. The third kappa shape index (κ3) is 4.84. The van der Waals surface area contributed by atoms with Crippen LogP contribution in [-0.2, 0) is 15.7 Å². The molecule has 2 N–H and O–H groups in total. The van der Waals surface area contributed by atoms with Crippen molar-refractivity contribution in [2.45, 2.75) is 24.6 Å². The molecule has 0 aromatic heterocycles. The molecule has 0 aliphatic heterocycles. The monoisotopic (exact) mass is 455 g/mol. The van der Waals surface area contributed by atoms with Crippen molar-refractivity contribution in [3.8, 4) is 11.1 Å². The van der Waals surface area contributed by atoms with Crippen molar-refractivity contribution in [2.24, 2.45) is 0 Å². The standard InChI is InChI=1S/C25H20F3NO4/c26-25(27,28)16-11-9-15(10-12-16)22(13-23(30)31)29-24(32)33-14-21-19-7-3-1-5-17(19)18-6-2-4-8-20(18)21/h1-12,21-22H,13-14H2,(H,29,32)(H,30,31)/t22-/m0/s1. The molecule has 0 unspecified atom stereocenters. The lowest BCUT2D eigenvalue weighted by molar-refractivity contribution is -0.138. The summed E-state index contributed by atoms with van der Waals surface area (Å²) < 4.78 is 43.9. The lowest BCUT2D eigenvalue weighted by atomic mass is 9.98. The number of aliphatic carboxylic acids is 1. The molecule has 1 amide bonds. The Labute approximate surface area is 187 Å². The second-order valence-corrected chi connectivity index (χ2v) is 7.74. The van der Waals surface area contributed by atoms with E-state index in [1.54, 1.807) is 0 Å². The Bertz CT molecular complexity index is 1130. The molecule has 0 heterocycles. The molecule has 1 aliphatic rings. The number of fused-ring (bicyclic) bond motifs is 3. The van der Waals surface area contributed by atoms with Crippen LogP contribution >= 0.6 is 0 Å². The third-order valence-corrected chi connectivity index (χ3v) is 5.65. The summed E-state index contributed by atoms with van der Waals surface area (Å²) >= 11 is 0. The zero-order valence-electron chi connectivity index (χ0n) is 17.3. The van der Waals surface area contributed by atoms with Gasteiger partial charge in [-0.25, -0.2) is 4.79 Å². The van der Waals surface area contributed by atoms with E-state index in [2.05, 4.69) is 5.32 Å². The van der Waals surface area contributed by atoms with Crippen LogP contribution in [0.1, 0.15) is 40.6 Å². The number of amides is 1. The second kappa shape index (κ2) is 8.97. The Morgan fingerprint density at radius 2 is 1.45 bits per heavy atom. The predicted octanol–water partition coefficient (Wildman–Crippen LogP) is 5.76. The highest BCUT2D eigenvalue weighted by molar-refractivity contribution is 5.79. The van der Waals surface area contributed by atoms with E-state index in [9.17, 15) is 27.9 Å². The van der Waals surface area contributed by atoms with E-state index in [0.717, 1.165) is 46.5 Å². The van der Waals surface area contributed by atoms with Crippen molar-refractivity contribution in [3.63, 3.8) is 0 Å². The molecule has 3 aromatic carbocycles. The number of halogens is 3. The van der Waals surface area contributed by atoms with Crippen LogP contribution in [0.2, 0.25) is 0 Å². The summed E-state index contributed by atoms with van der Waals surface area (Å²) in [4.78, 5) is 23.8. The number of carbonyl (C=O) groups is 2. The third-order valence-electron chi connectivity index (χ3n) is 5.65. The van der Waals surface area contributed by atoms with E-state index in [-0.39, 0.29) is 18.1 Å². The summed E-state index contributed by atoms with van der Waals surface area (Å²) in [6.45, 7) is 0.0344. The van der Waals surface area contributed by atoms with Crippen LogP contribution in [0.4, 0.5) is 18.0 Å². The number of alkyl halides is 3. The summed E-state index contributed by atoms with van der Waals surface area (Å²) in [5.41, 5.74) is 3.55. The lowest BCUT2D eigenvalue weighted by Gasteiger charge is -2.19. The maximum atomic E-state index is 12.8. The molecule has 3 aromatic rings. The number of carbonyl (C=O) groups excluding carboxylic acids is 1. The summed E-state index contributed by atoms with van der Waals surface area (Å²) in [6, 6.07) is 18.6. The summed E-state index contributed by atoms with van der Waals surface area (Å²) in [5.74, 6) is -1.38. The molecule has 8 heteroatoms. The summed E-state index contributed by atoms with van der Waals surface area (Å²) in [5, 5.41) is 11.7. The minimum Gasteiger partial charge on any atom is -0.481 e. The molecule has 170 valence electrons. The average molecular weight is 455 g/mol. The van der Waals surface area contributed by atoms with Gasteiger partial charge in [0.15, 0.2) is 0 Å². The van der Waals surface area contributed by atoms with Gasteiger partial charge in [0.05, 0.1) is 18.0 Å². The normalized spacial score (nSPS) is 13.7. The quantitative estimate of drug-likeness (QED) is 0.496. The number of hydrogen-bond donors (Lipinski definition) is 2. The van der Waals surface area contributed by atoms with Gasteiger partial charge in [-0.05, 0) is 39.9 Å². The molecule has 0 spiro atoms. The van der Waals surface area contributed by atoms with Crippen molar-refractivity contribution in [1.29, 1.82) is 0 Å².